The summed E-state index contributed by atoms with van der Waals surface area (Å²) in [7, 11) is -2.53. The number of nitrogens with zero attached hydrogens (tertiary/aromatic N) is 1. The van der Waals surface area contributed by atoms with Gasteiger partial charge < -0.3 is 10.1 Å². The standard InChI is InChI=1S/C23H23ClN2O4S2/c1-3-31-22-7-5-4-6-21(22)25-23(27)16-26(18-10-8-17(24)9-11-18)32(28,29)20-14-12-19(30-2)13-15-20/h4-15H,3,16H2,1-2H3,(H,25,27). The van der Waals surface area contributed by atoms with Gasteiger partial charge in [0.2, 0.25) is 5.91 Å². The van der Waals surface area contributed by atoms with Gasteiger partial charge in [-0.1, -0.05) is 30.7 Å². The Balaban J connectivity index is 1.93. The van der Waals surface area contributed by atoms with Crippen LogP contribution in [0.4, 0.5) is 11.4 Å². The number of amides is 1. The van der Waals surface area contributed by atoms with Crippen molar-refractivity contribution >= 4 is 50.7 Å². The first-order valence-corrected chi connectivity index (χ1v) is 12.6. The molecular weight excluding hydrogens is 468 g/mol. The van der Waals surface area contributed by atoms with Gasteiger partial charge in [-0.15, -0.1) is 11.8 Å². The molecule has 0 aliphatic heterocycles. The summed E-state index contributed by atoms with van der Waals surface area (Å²) in [5.41, 5.74) is 0.971. The predicted octanol–water partition coefficient (Wildman–Crippen LogP) is 5.29. The van der Waals surface area contributed by atoms with Crippen molar-refractivity contribution in [2.75, 3.05) is 29.0 Å². The Labute approximate surface area is 197 Å². The molecule has 0 spiro atoms. The Morgan fingerprint density at radius 2 is 1.69 bits per heavy atom. The van der Waals surface area contributed by atoms with Crippen LogP contribution in [0.2, 0.25) is 5.02 Å². The van der Waals surface area contributed by atoms with Crippen LogP contribution in [0.3, 0.4) is 0 Å². The van der Waals surface area contributed by atoms with Crippen molar-refractivity contribution in [3.05, 3.63) is 77.8 Å². The van der Waals surface area contributed by atoms with Gasteiger partial charge in [0.25, 0.3) is 10.0 Å². The van der Waals surface area contributed by atoms with Gasteiger partial charge in [0, 0.05) is 9.92 Å². The molecule has 3 aromatic carbocycles. The average molecular weight is 491 g/mol. The van der Waals surface area contributed by atoms with Crippen molar-refractivity contribution in [2.24, 2.45) is 0 Å². The summed E-state index contributed by atoms with van der Waals surface area (Å²) >= 11 is 7.57. The van der Waals surface area contributed by atoms with Crippen LogP contribution >= 0.6 is 23.4 Å². The third-order valence-corrected chi connectivity index (χ3v) is 7.51. The lowest BCUT2D eigenvalue weighted by Crippen LogP contribution is -2.38. The highest BCUT2D eigenvalue weighted by molar-refractivity contribution is 7.99. The molecule has 0 heterocycles. The van der Waals surface area contributed by atoms with E-state index in [-0.39, 0.29) is 4.90 Å². The second-order valence-corrected chi connectivity index (χ2v) is 10.2. The van der Waals surface area contributed by atoms with Crippen molar-refractivity contribution < 1.29 is 17.9 Å². The molecule has 0 bridgehead atoms. The van der Waals surface area contributed by atoms with Crippen LogP contribution in [0.25, 0.3) is 0 Å². The van der Waals surface area contributed by atoms with Crippen LogP contribution < -0.4 is 14.4 Å². The molecule has 3 rings (SSSR count). The normalized spacial score (nSPS) is 11.1. The van der Waals surface area contributed by atoms with E-state index in [2.05, 4.69) is 5.32 Å². The third kappa shape index (κ3) is 5.76. The number of hydrogen-bond acceptors (Lipinski definition) is 5. The van der Waals surface area contributed by atoms with Gasteiger partial charge >= 0.3 is 0 Å². The summed E-state index contributed by atoms with van der Waals surface area (Å²) in [5, 5.41) is 3.30. The molecule has 1 amide bonds. The number of para-hydroxylation sites is 1. The first-order chi connectivity index (χ1) is 15.3. The summed E-state index contributed by atoms with van der Waals surface area (Å²) in [4.78, 5) is 13.9. The summed E-state index contributed by atoms with van der Waals surface area (Å²) in [6.07, 6.45) is 0. The van der Waals surface area contributed by atoms with E-state index in [0.29, 0.717) is 22.1 Å². The second kappa shape index (κ2) is 10.8. The number of anilines is 2. The van der Waals surface area contributed by atoms with Gasteiger partial charge in [0.1, 0.15) is 12.3 Å². The van der Waals surface area contributed by atoms with Crippen LogP contribution in [0.5, 0.6) is 5.75 Å². The monoisotopic (exact) mass is 490 g/mol. The number of methoxy groups -OCH3 is 1. The lowest BCUT2D eigenvalue weighted by atomic mass is 10.3. The largest absolute Gasteiger partial charge is 0.497 e. The lowest BCUT2D eigenvalue weighted by Gasteiger charge is -2.24. The number of sulfonamides is 1. The molecule has 0 radical (unpaired) electrons. The third-order valence-electron chi connectivity index (χ3n) is 4.51. The summed E-state index contributed by atoms with van der Waals surface area (Å²) < 4.78 is 33.1. The molecule has 0 aliphatic rings. The van der Waals surface area contributed by atoms with E-state index < -0.39 is 22.5 Å². The number of halogens is 1. The van der Waals surface area contributed by atoms with Crippen molar-refractivity contribution in [1.29, 1.82) is 0 Å². The Morgan fingerprint density at radius 3 is 2.31 bits per heavy atom. The molecule has 3 aromatic rings. The van der Waals surface area contributed by atoms with Crippen molar-refractivity contribution in [1.82, 2.24) is 0 Å². The number of thioether (sulfide) groups is 1. The maximum atomic E-state index is 13.4. The van der Waals surface area contributed by atoms with Crippen molar-refractivity contribution in [2.45, 2.75) is 16.7 Å². The summed E-state index contributed by atoms with van der Waals surface area (Å²) in [5.74, 6) is 0.918. The molecule has 0 saturated heterocycles. The SMILES string of the molecule is CCSc1ccccc1NC(=O)CN(c1ccc(Cl)cc1)S(=O)(=O)c1ccc(OC)cc1. The molecule has 1 N–H and O–H groups in total. The van der Waals surface area contributed by atoms with E-state index in [1.165, 1.54) is 19.2 Å². The van der Waals surface area contributed by atoms with E-state index in [1.54, 1.807) is 54.2 Å². The molecule has 0 aliphatic carbocycles. The Morgan fingerprint density at radius 1 is 1.03 bits per heavy atom. The topological polar surface area (TPSA) is 75.7 Å². The number of nitrogens with one attached hydrogen (secondary N) is 1. The fraction of sp³-hybridized carbons (Fsp3) is 0.174. The van der Waals surface area contributed by atoms with Gasteiger partial charge in [-0.05, 0) is 66.4 Å². The quantitative estimate of drug-likeness (QED) is 0.412. The maximum absolute atomic E-state index is 13.4. The smallest absolute Gasteiger partial charge is 0.264 e. The summed E-state index contributed by atoms with van der Waals surface area (Å²) in [6.45, 7) is 1.62. The van der Waals surface area contributed by atoms with Crippen LogP contribution in [-0.2, 0) is 14.8 Å². The molecule has 0 saturated carbocycles. The zero-order valence-electron chi connectivity index (χ0n) is 17.6. The van der Waals surface area contributed by atoms with Gasteiger partial charge in [-0.3, -0.25) is 9.10 Å². The Hall–Kier alpha value is -2.68. The number of ether oxygens (including phenoxy) is 1. The predicted molar refractivity (Wildman–Crippen MR) is 130 cm³/mol. The van der Waals surface area contributed by atoms with Gasteiger partial charge in [0.05, 0.1) is 23.4 Å². The highest BCUT2D eigenvalue weighted by Crippen LogP contribution is 2.28. The van der Waals surface area contributed by atoms with Crippen molar-refractivity contribution in [3.8, 4) is 5.75 Å². The molecule has 9 heteroatoms. The van der Waals surface area contributed by atoms with E-state index in [4.69, 9.17) is 16.3 Å². The van der Waals surface area contributed by atoms with Crippen LogP contribution in [0, 0.1) is 0 Å². The highest BCUT2D eigenvalue weighted by Gasteiger charge is 2.27. The molecule has 0 atom stereocenters. The lowest BCUT2D eigenvalue weighted by molar-refractivity contribution is -0.114. The number of benzene rings is 3. The highest BCUT2D eigenvalue weighted by atomic mass is 35.5. The molecular formula is C23H23ClN2O4S2. The molecule has 32 heavy (non-hydrogen) atoms. The minimum atomic E-state index is -4.03. The summed E-state index contributed by atoms with van der Waals surface area (Å²) in [6, 6.07) is 19.7. The van der Waals surface area contributed by atoms with Crippen LogP contribution in [-0.4, -0.2) is 33.7 Å². The minimum absolute atomic E-state index is 0.0444. The van der Waals surface area contributed by atoms with E-state index in [9.17, 15) is 13.2 Å². The van der Waals surface area contributed by atoms with Crippen LogP contribution in [0.1, 0.15) is 6.92 Å². The fourth-order valence-electron chi connectivity index (χ4n) is 2.97. The molecule has 0 unspecified atom stereocenters. The molecule has 6 nitrogen and oxygen atoms in total. The number of carbonyl (C=O) groups is 1. The Bertz CT molecular complexity index is 1170. The number of hydrogen-bond donors (Lipinski definition) is 1. The van der Waals surface area contributed by atoms with E-state index >= 15 is 0 Å². The van der Waals surface area contributed by atoms with E-state index in [0.717, 1.165) is 15.0 Å². The maximum Gasteiger partial charge on any atom is 0.264 e. The first kappa shape index (κ1) is 24.0. The first-order valence-electron chi connectivity index (χ1n) is 9.79. The van der Waals surface area contributed by atoms with Gasteiger partial charge in [-0.25, -0.2) is 8.42 Å². The zero-order valence-corrected chi connectivity index (χ0v) is 20.0. The number of carbonyl (C=O) groups excluding carboxylic acids is 1. The fourth-order valence-corrected chi connectivity index (χ4v) is 5.28. The zero-order chi connectivity index (χ0) is 23.1. The molecule has 0 aromatic heterocycles. The van der Waals surface area contributed by atoms with E-state index in [1.807, 2.05) is 25.1 Å². The van der Waals surface area contributed by atoms with Gasteiger partial charge in [-0.2, -0.15) is 0 Å². The second-order valence-electron chi connectivity index (χ2n) is 6.64. The van der Waals surface area contributed by atoms with Crippen LogP contribution in [0.15, 0.2) is 82.6 Å². The Kier molecular flexibility index (Phi) is 8.06. The molecule has 0 fully saturated rings. The van der Waals surface area contributed by atoms with Gasteiger partial charge in [0.15, 0.2) is 0 Å². The average Bonchev–Trinajstić information content (AvgIpc) is 2.79. The number of rotatable bonds is 9. The van der Waals surface area contributed by atoms with Crippen molar-refractivity contribution in [3.63, 3.8) is 0 Å². The molecule has 168 valence electrons. The minimum Gasteiger partial charge on any atom is -0.497 e.